The Balaban J connectivity index is 1.58. The molecule has 1 aromatic rings. The molecule has 3 nitrogen and oxygen atoms in total. The highest BCUT2D eigenvalue weighted by Crippen LogP contribution is 2.47. The van der Waals surface area contributed by atoms with E-state index >= 15 is 0 Å². The number of hydrogen-bond acceptors (Lipinski definition) is 4. The van der Waals surface area contributed by atoms with Crippen LogP contribution in [0.3, 0.4) is 0 Å². The summed E-state index contributed by atoms with van der Waals surface area (Å²) >= 11 is 1.86. The monoisotopic (exact) mass is 362 g/mol. The summed E-state index contributed by atoms with van der Waals surface area (Å²) < 4.78 is 6.10. The van der Waals surface area contributed by atoms with E-state index < -0.39 is 12.2 Å². The maximum Gasteiger partial charge on any atom is 0.0790 e. The van der Waals surface area contributed by atoms with Gasteiger partial charge in [0.1, 0.15) is 0 Å². The Morgan fingerprint density at radius 1 is 1.20 bits per heavy atom. The Hall–Kier alpha value is -0.810. The minimum Gasteiger partial charge on any atom is -0.389 e. The standard InChI is InChI=1S/C21H30O3S/c1-2-25-14-6-9-18(23)21-16(19-12-13-20(21)24-19)10-11-17(22)15-7-4-3-5-8-15/h3-9,16-23H,2,10-14H2,1H3/t16-,17?,18-,19?,20-,21+/m0/s1. The van der Waals surface area contributed by atoms with E-state index in [2.05, 4.69) is 13.0 Å². The molecule has 3 rings (SSSR count). The minimum atomic E-state index is -0.438. The fourth-order valence-electron chi connectivity index (χ4n) is 4.36. The zero-order valence-electron chi connectivity index (χ0n) is 15.0. The van der Waals surface area contributed by atoms with Gasteiger partial charge in [-0.15, -0.1) is 0 Å². The highest BCUT2D eigenvalue weighted by atomic mass is 32.2. The molecule has 2 heterocycles. The molecular formula is C21H30O3S. The first-order chi connectivity index (χ1) is 12.2. The Kier molecular flexibility index (Phi) is 7.00. The van der Waals surface area contributed by atoms with E-state index in [4.69, 9.17) is 4.74 Å². The van der Waals surface area contributed by atoms with Crippen molar-refractivity contribution < 1.29 is 14.9 Å². The minimum absolute atomic E-state index is 0.171. The van der Waals surface area contributed by atoms with Gasteiger partial charge in [0, 0.05) is 11.7 Å². The van der Waals surface area contributed by atoms with Gasteiger partial charge in [-0.1, -0.05) is 49.4 Å². The quantitative estimate of drug-likeness (QED) is 0.516. The van der Waals surface area contributed by atoms with Crippen LogP contribution in [0.5, 0.6) is 0 Å². The van der Waals surface area contributed by atoms with E-state index in [0.717, 1.165) is 42.8 Å². The third kappa shape index (κ3) is 4.68. The lowest BCUT2D eigenvalue weighted by Crippen LogP contribution is -2.35. The number of aliphatic hydroxyl groups is 2. The van der Waals surface area contributed by atoms with Crippen LogP contribution < -0.4 is 0 Å². The van der Waals surface area contributed by atoms with Crippen LogP contribution in [0, 0.1) is 11.8 Å². The van der Waals surface area contributed by atoms with E-state index in [1.165, 1.54) is 0 Å². The van der Waals surface area contributed by atoms with Crippen molar-refractivity contribution in [3.63, 3.8) is 0 Å². The fourth-order valence-corrected chi connectivity index (χ4v) is 4.85. The van der Waals surface area contributed by atoms with Crippen molar-refractivity contribution in [3.8, 4) is 0 Å². The predicted molar refractivity (Wildman–Crippen MR) is 104 cm³/mol. The van der Waals surface area contributed by atoms with Crippen molar-refractivity contribution >= 4 is 11.8 Å². The molecule has 0 radical (unpaired) electrons. The molecule has 1 aromatic carbocycles. The molecule has 2 unspecified atom stereocenters. The Bertz CT molecular complexity index is 547. The second-order valence-electron chi connectivity index (χ2n) is 7.11. The molecule has 0 spiro atoms. The van der Waals surface area contributed by atoms with Gasteiger partial charge in [0.05, 0.1) is 24.4 Å². The number of thioether (sulfide) groups is 1. The zero-order chi connectivity index (χ0) is 17.6. The molecule has 2 fully saturated rings. The number of benzene rings is 1. The average molecular weight is 363 g/mol. The number of fused-ring (bicyclic) bond motifs is 2. The molecule has 0 aliphatic carbocycles. The van der Waals surface area contributed by atoms with Crippen LogP contribution in [0.15, 0.2) is 42.5 Å². The molecule has 4 heteroatoms. The highest BCUT2D eigenvalue weighted by molar-refractivity contribution is 7.99. The maximum atomic E-state index is 10.7. The van der Waals surface area contributed by atoms with Gasteiger partial charge in [0.15, 0.2) is 0 Å². The molecule has 0 saturated carbocycles. The SMILES string of the molecule is CCSCC=C[C@H](O)[C@@H]1[C@@H]2CCC(O2)[C@@H]1CCC(O)c1ccccc1. The molecule has 2 N–H and O–H groups in total. The van der Waals surface area contributed by atoms with E-state index in [9.17, 15) is 10.2 Å². The summed E-state index contributed by atoms with van der Waals surface area (Å²) in [5.41, 5.74) is 0.972. The van der Waals surface area contributed by atoms with Gasteiger partial charge < -0.3 is 14.9 Å². The lowest BCUT2D eigenvalue weighted by atomic mass is 9.73. The molecule has 0 aromatic heterocycles. The van der Waals surface area contributed by atoms with Crippen LogP contribution in [0.4, 0.5) is 0 Å². The summed E-state index contributed by atoms with van der Waals surface area (Å²) in [7, 11) is 0. The van der Waals surface area contributed by atoms with Crippen molar-refractivity contribution in [2.24, 2.45) is 11.8 Å². The van der Waals surface area contributed by atoms with Crippen LogP contribution in [-0.2, 0) is 4.74 Å². The molecule has 2 aliphatic heterocycles. The summed E-state index contributed by atoms with van der Waals surface area (Å²) in [6.45, 7) is 2.15. The highest BCUT2D eigenvalue weighted by Gasteiger charge is 2.50. The summed E-state index contributed by atoms with van der Waals surface area (Å²) in [6.07, 6.45) is 7.38. The normalized spacial score (nSPS) is 30.8. The van der Waals surface area contributed by atoms with Gasteiger partial charge in [-0.2, -0.15) is 11.8 Å². The lowest BCUT2D eigenvalue weighted by Gasteiger charge is -2.31. The number of rotatable bonds is 9. The van der Waals surface area contributed by atoms with Crippen LogP contribution >= 0.6 is 11.8 Å². The fraction of sp³-hybridized carbons (Fsp3) is 0.619. The van der Waals surface area contributed by atoms with Crippen LogP contribution in [0.25, 0.3) is 0 Å². The average Bonchev–Trinajstić information content (AvgIpc) is 3.25. The van der Waals surface area contributed by atoms with Crippen molar-refractivity contribution in [2.75, 3.05) is 11.5 Å². The molecule has 2 aliphatic rings. The van der Waals surface area contributed by atoms with Crippen LogP contribution in [0.2, 0.25) is 0 Å². The van der Waals surface area contributed by atoms with Crippen LogP contribution in [0.1, 0.15) is 44.3 Å². The van der Waals surface area contributed by atoms with E-state index in [0.29, 0.717) is 5.92 Å². The molecule has 138 valence electrons. The summed E-state index contributed by atoms with van der Waals surface area (Å²) in [5, 5.41) is 21.1. The summed E-state index contributed by atoms with van der Waals surface area (Å²) in [6, 6.07) is 9.84. The molecule has 2 saturated heterocycles. The summed E-state index contributed by atoms with van der Waals surface area (Å²) in [4.78, 5) is 0. The number of ether oxygens (including phenoxy) is 1. The molecule has 2 bridgehead atoms. The van der Waals surface area contributed by atoms with E-state index in [-0.39, 0.29) is 18.1 Å². The smallest absolute Gasteiger partial charge is 0.0790 e. The molecule has 0 amide bonds. The number of aliphatic hydroxyl groups excluding tert-OH is 2. The van der Waals surface area contributed by atoms with Crippen molar-refractivity contribution in [2.45, 2.75) is 57.0 Å². The first-order valence-corrected chi connectivity index (χ1v) is 10.7. The van der Waals surface area contributed by atoms with Crippen molar-refractivity contribution in [1.29, 1.82) is 0 Å². The van der Waals surface area contributed by atoms with Crippen LogP contribution in [-0.4, -0.2) is 40.0 Å². The molecular weight excluding hydrogens is 332 g/mol. The topological polar surface area (TPSA) is 49.7 Å². The second-order valence-corrected chi connectivity index (χ2v) is 8.43. The predicted octanol–water partition coefficient (Wildman–Crippen LogP) is 3.96. The first kappa shape index (κ1) is 19.0. The van der Waals surface area contributed by atoms with Gasteiger partial charge in [-0.3, -0.25) is 0 Å². The third-order valence-electron chi connectivity index (χ3n) is 5.59. The maximum absolute atomic E-state index is 10.7. The Morgan fingerprint density at radius 2 is 1.96 bits per heavy atom. The van der Waals surface area contributed by atoms with E-state index in [1.807, 2.05) is 48.2 Å². The van der Waals surface area contributed by atoms with Gasteiger partial charge >= 0.3 is 0 Å². The van der Waals surface area contributed by atoms with Gasteiger partial charge in [0.25, 0.3) is 0 Å². The largest absolute Gasteiger partial charge is 0.389 e. The first-order valence-electron chi connectivity index (χ1n) is 9.51. The Morgan fingerprint density at radius 3 is 2.72 bits per heavy atom. The van der Waals surface area contributed by atoms with Gasteiger partial charge in [-0.05, 0) is 42.9 Å². The third-order valence-corrected chi connectivity index (χ3v) is 6.43. The van der Waals surface area contributed by atoms with Crippen molar-refractivity contribution in [3.05, 3.63) is 48.0 Å². The molecule has 6 atom stereocenters. The van der Waals surface area contributed by atoms with E-state index in [1.54, 1.807) is 0 Å². The summed E-state index contributed by atoms with van der Waals surface area (Å²) in [5.74, 6) is 2.56. The second kappa shape index (κ2) is 9.22. The van der Waals surface area contributed by atoms with Crippen molar-refractivity contribution in [1.82, 2.24) is 0 Å². The Labute approximate surface area is 155 Å². The zero-order valence-corrected chi connectivity index (χ0v) is 15.8. The van der Waals surface area contributed by atoms with Gasteiger partial charge in [0.2, 0.25) is 0 Å². The molecule has 25 heavy (non-hydrogen) atoms. The van der Waals surface area contributed by atoms with Gasteiger partial charge in [-0.25, -0.2) is 0 Å². The number of hydrogen-bond donors (Lipinski definition) is 2. The lowest BCUT2D eigenvalue weighted by molar-refractivity contribution is 0.0597.